The minimum absolute atomic E-state index is 0.0611. The molecular weight excluding hydrogens is 218 g/mol. The molecule has 0 aromatic rings. The van der Waals surface area contributed by atoms with Crippen LogP contribution in [0.15, 0.2) is 0 Å². The quantitative estimate of drug-likeness (QED) is 0.422. The third kappa shape index (κ3) is 8.45. The second-order valence-electron chi connectivity index (χ2n) is 2.24. The Bertz CT molecular complexity index is 207. The third-order valence-electron chi connectivity index (χ3n) is 1.15. The van der Waals surface area contributed by atoms with Gasteiger partial charge in [0.15, 0.2) is 0 Å². The first kappa shape index (κ1) is 13.1. The van der Waals surface area contributed by atoms with Crippen molar-refractivity contribution < 1.29 is 18.3 Å². The number of ether oxygens (including phenoxy) is 1. The minimum Gasteiger partial charge on any atom is -0.394 e. The second-order valence-corrected chi connectivity index (χ2v) is 4.54. The number of halogens is 1. The molecule has 0 saturated carbocycles. The van der Waals surface area contributed by atoms with Gasteiger partial charge in [-0.05, 0) is 0 Å². The SMILES string of the molecule is O=S(=O)(CCCl)NCCOCCO. The number of hydrogen-bond acceptors (Lipinski definition) is 4. The lowest BCUT2D eigenvalue weighted by molar-refractivity contribution is 0.0961. The molecule has 80 valence electrons. The van der Waals surface area contributed by atoms with Gasteiger partial charge in [0.25, 0.3) is 0 Å². The van der Waals surface area contributed by atoms with Gasteiger partial charge >= 0.3 is 0 Å². The maximum absolute atomic E-state index is 11.0. The standard InChI is InChI=1S/C6H14ClNO4S/c7-1-6-13(10,11)8-2-4-12-5-3-9/h8-9H,1-6H2. The zero-order valence-electron chi connectivity index (χ0n) is 7.20. The van der Waals surface area contributed by atoms with E-state index in [-0.39, 0.29) is 38.0 Å². The van der Waals surface area contributed by atoms with Crippen LogP contribution in [-0.4, -0.2) is 51.5 Å². The van der Waals surface area contributed by atoms with Crippen LogP contribution in [0.25, 0.3) is 0 Å². The molecule has 0 amide bonds. The van der Waals surface area contributed by atoms with Gasteiger partial charge in [0.05, 0.1) is 25.6 Å². The molecule has 0 aromatic carbocycles. The Morgan fingerprint density at radius 3 is 2.62 bits per heavy atom. The van der Waals surface area contributed by atoms with Gasteiger partial charge in [0.1, 0.15) is 0 Å². The first-order valence-corrected chi connectivity index (χ1v) is 6.03. The largest absolute Gasteiger partial charge is 0.394 e. The summed E-state index contributed by atoms with van der Waals surface area (Å²) in [5.41, 5.74) is 0. The average molecular weight is 232 g/mol. The van der Waals surface area contributed by atoms with Gasteiger partial charge < -0.3 is 9.84 Å². The molecule has 0 spiro atoms. The van der Waals surface area contributed by atoms with Crippen LogP contribution in [0.2, 0.25) is 0 Å². The van der Waals surface area contributed by atoms with E-state index in [1.807, 2.05) is 0 Å². The summed E-state index contributed by atoms with van der Waals surface area (Å²) in [5.74, 6) is -0.0125. The highest BCUT2D eigenvalue weighted by atomic mass is 35.5. The lowest BCUT2D eigenvalue weighted by Gasteiger charge is -2.04. The zero-order chi connectivity index (χ0) is 10.2. The fourth-order valence-corrected chi connectivity index (χ4v) is 1.96. The summed E-state index contributed by atoms with van der Waals surface area (Å²) < 4.78 is 29.1. The summed E-state index contributed by atoms with van der Waals surface area (Å²) in [6.07, 6.45) is 0. The van der Waals surface area contributed by atoms with E-state index in [2.05, 4.69) is 4.72 Å². The molecule has 0 aliphatic heterocycles. The molecule has 0 radical (unpaired) electrons. The van der Waals surface area contributed by atoms with Crippen LogP contribution in [-0.2, 0) is 14.8 Å². The fraction of sp³-hybridized carbons (Fsp3) is 1.00. The number of aliphatic hydroxyl groups excluding tert-OH is 1. The van der Waals surface area contributed by atoms with E-state index in [1.54, 1.807) is 0 Å². The highest BCUT2D eigenvalue weighted by molar-refractivity contribution is 7.89. The molecule has 0 fully saturated rings. The molecule has 0 heterocycles. The molecule has 0 aromatic heterocycles. The van der Waals surface area contributed by atoms with E-state index < -0.39 is 10.0 Å². The van der Waals surface area contributed by atoms with Crippen molar-refractivity contribution in [2.24, 2.45) is 0 Å². The van der Waals surface area contributed by atoms with E-state index in [0.29, 0.717) is 0 Å². The lowest BCUT2D eigenvalue weighted by atomic mass is 10.7. The first-order chi connectivity index (χ1) is 6.12. The maximum atomic E-state index is 11.0. The summed E-state index contributed by atoms with van der Waals surface area (Å²) in [6, 6.07) is 0. The van der Waals surface area contributed by atoms with Crippen molar-refractivity contribution in [2.45, 2.75) is 0 Å². The molecule has 13 heavy (non-hydrogen) atoms. The number of hydrogen-bond donors (Lipinski definition) is 2. The van der Waals surface area contributed by atoms with Crippen LogP contribution in [0.5, 0.6) is 0 Å². The van der Waals surface area contributed by atoms with Gasteiger partial charge in [-0.1, -0.05) is 0 Å². The Morgan fingerprint density at radius 2 is 2.08 bits per heavy atom. The molecule has 2 N–H and O–H groups in total. The van der Waals surface area contributed by atoms with Gasteiger partial charge in [-0.2, -0.15) is 0 Å². The summed E-state index contributed by atoms with van der Waals surface area (Å²) in [4.78, 5) is 0. The Labute approximate surface area is 83.1 Å². The molecule has 0 bridgehead atoms. The van der Waals surface area contributed by atoms with E-state index in [9.17, 15) is 8.42 Å². The van der Waals surface area contributed by atoms with Gasteiger partial charge in [-0.15, -0.1) is 11.6 Å². The normalized spacial score (nSPS) is 11.8. The highest BCUT2D eigenvalue weighted by Gasteiger charge is 2.06. The summed E-state index contributed by atoms with van der Waals surface area (Å²) in [6.45, 7) is 0.618. The van der Waals surface area contributed by atoms with Gasteiger partial charge in [0, 0.05) is 12.4 Å². The Hall–Kier alpha value is 0.120. The van der Waals surface area contributed by atoms with Crippen molar-refractivity contribution in [1.29, 1.82) is 0 Å². The molecule has 5 nitrogen and oxygen atoms in total. The van der Waals surface area contributed by atoms with Gasteiger partial charge in [-0.25, -0.2) is 13.1 Å². The average Bonchev–Trinajstić information content (AvgIpc) is 2.04. The van der Waals surface area contributed by atoms with E-state index in [1.165, 1.54) is 0 Å². The molecule has 0 rings (SSSR count). The summed E-state index contributed by atoms with van der Waals surface area (Å²) in [7, 11) is -3.24. The smallest absolute Gasteiger partial charge is 0.212 e. The number of nitrogens with one attached hydrogen (secondary N) is 1. The topological polar surface area (TPSA) is 75.6 Å². The fourth-order valence-electron chi connectivity index (χ4n) is 0.610. The number of sulfonamides is 1. The molecule has 0 aliphatic carbocycles. The maximum Gasteiger partial charge on any atom is 0.212 e. The van der Waals surface area contributed by atoms with Crippen molar-refractivity contribution in [3.63, 3.8) is 0 Å². The van der Waals surface area contributed by atoms with Crippen LogP contribution in [0.3, 0.4) is 0 Å². The molecule has 0 saturated heterocycles. The molecule has 0 aliphatic rings. The van der Waals surface area contributed by atoms with Crippen molar-refractivity contribution in [3.8, 4) is 0 Å². The second kappa shape index (κ2) is 7.52. The van der Waals surface area contributed by atoms with Gasteiger partial charge in [0.2, 0.25) is 10.0 Å². The predicted molar refractivity (Wildman–Crippen MR) is 50.4 cm³/mol. The third-order valence-corrected chi connectivity index (χ3v) is 2.95. The van der Waals surface area contributed by atoms with Crippen molar-refractivity contribution in [3.05, 3.63) is 0 Å². The van der Waals surface area contributed by atoms with Crippen molar-refractivity contribution in [1.82, 2.24) is 4.72 Å². The van der Waals surface area contributed by atoms with Crippen LogP contribution in [0, 0.1) is 0 Å². The van der Waals surface area contributed by atoms with E-state index in [0.717, 1.165) is 0 Å². The predicted octanol–water partition coefficient (Wildman–Crippen LogP) is -0.846. The van der Waals surface area contributed by atoms with Crippen molar-refractivity contribution in [2.75, 3.05) is 38.0 Å². The number of rotatable bonds is 8. The zero-order valence-corrected chi connectivity index (χ0v) is 8.77. The first-order valence-electron chi connectivity index (χ1n) is 3.84. The molecule has 0 unspecified atom stereocenters. The van der Waals surface area contributed by atoms with Gasteiger partial charge in [-0.3, -0.25) is 0 Å². The van der Waals surface area contributed by atoms with E-state index >= 15 is 0 Å². The number of alkyl halides is 1. The minimum atomic E-state index is -3.24. The van der Waals surface area contributed by atoms with Crippen LogP contribution >= 0.6 is 11.6 Å². The molecule has 7 heteroatoms. The van der Waals surface area contributed by atoms with Crippen LogP contribution in [0.1, 0.15) is 0 Å². The van der Waals surface area contributed by atoms with Crippen LogP contribution in [0.4, 0.5) is 0 Å². The summed E-state index contributed by atoms with van der Waals surface area (Å²) >= 11 is 5.27. The Morgan fingerprint density at radius 1 is 1.38 bits per heavy atom. The van der Waals surface area contributed by atoms with Crippen LogP contribution < -0.4 is 4.72 Å². The lowest BCUT2D eigenvalue weighted by Crippen LogP contribution is -2.30. The molecular formula is C6H14ClNO4S. The monoisotopic (exact) mass is 231 g/mol. The van der Waals surface area contributed by atoms with E-state index in [4.69, 9.17) is 21.4 Å². The number of aliphatic hydroxyl groups is 1. The molecule has 0 atom stereocenters. The highest BCUT2D eigenvalue weighted by Crippen LogP contribution is 1.86. The Kier molecular flexibility index (Phi) is 7.59. The van der Waals surface area contributed by atoms with Crippen molar-refractivity contribution >= 4 is 21.6 Å². The Balaban J connectivity index is 3.41. The summed E-state index contributed by atoms with van der Waals surface area (Å²) in [5, 5.41) is 8.33.